The molecule has 0 saturated carbocycles. The first-order chi connectivity index (χ1) is 13.5. The predicted octanol–water partition coefficient (Wildman–Crippen LogP) is 2.38. The van der Waals surface area contributed by atoms with Crippen LogP contribution in [-0.4, -0.2) is 37.0 Å². The maximum atomic E-state index is 12.5. The van der Waals surface area contributed by atoms with Crippen LogP contribution in [0.1, 0.15) is 28.8 Å². The smallest absolute Gasteiger partial charge is 0.250 e. The predicted molar refractivity (Wildman–Crippen MR) is 108 cm³/mol. The highest BCUT2D eigenvalue weighted by Crippen LogP contribution is 2.28. The van der Waals surface area contributed by atoms with Gasteiger partial charge in [-0.05, 0) is 36.6 Å². The van der Waals surface area contributed by atoms with Crippen molar-refractivity contribution in [2.45, 2.75) is 19.4 Å². The van der Waals surface area contributed by atoms with E-state index in [4.69, 9.17) is 22.1 Å². The number of piperidine rings is 1. The number of amides is 2. The van der Waals surface area contributed by atoms with Crippen molar-refractivity contribution in [1.82, 2.24) is 10.3 Å². The Bertz CT molecular complexity index is 849. The van der Waals surface area contributed by atoms with E-state index in [1.165, 1.54) is 12.3 Å². The average Bonchev–Trinajstić information content (AvgIpc) is 2.72. The van der Waals surface area contributed by atoms with Gasteiger partial charge in [-0.3, -0.25) is 9.59 Å². The molecule has 1 aliphatic rings. The number of primary amides is 1. The summed E-state index contributed by atoms with van der Waals surface area (Å²) >= 11 is 6.24. The number of nitrogens with zero attached hydrogens (tertiary/aromatic N) is 2. The van der Waals surface area contributed by atoms with Crippen molar-refractivity contribution in [3.8, 4) is 5.75 Å². The quantitative estimate of drug-likeness (QED) is 0.773. The maximum absolute atomic E-state index is 12.5. The highest BCUT2D eigenvalue weighted by Gasteiger charge is 2.26. The van der Waals surface area contributed by atoms with Crippen molar-refractivity contribution in [3.05, 3.63) is 52.7 Å². The van der Waals surface area contributed by atoms with Gasteiger partial charge in [0.05, 0.1) is 17.7 Å². The van der Waals surface area contributed by atoms with E-state index in [1.54, 1.807) is 7.11 Å². The Hall–Kier alpha value is -2.80. The Balaban J connectivity index is 1.51. The number of pyridine rings is 1. The van der Waals surface area contributed by atoms with Crippen molar-refractivity contribution in [2.75, 3.05) is 25.1 Å². The summed E-state index contributed by atoms with van der Waals surface area (Å²) in [5.74, 6) is 0.854. The molecule has 2 aromatic rings. The van der Waals surface area contributed by atoms with Crippen molar-refractivity contribution in [2.24, 2.45) is 11.7 Å². The standard InChI is InChI=1S/C20H23ClN4O3/c1-28-16-4-2-13(3-5-16)11-24-20(27)14-6-8-25(9-7-14)19-17(21)10-15(12-23-19)18(22)26/h2-5,10,12,14H,6-9,11H2,1H3,(H2,22,26)(H,24,27). The first-order valence-corrected chi connectivity index (χ1v) is 9.46. The third-order valence-electron chi connectivity index (χ3n) is 4.90. The fourth-order valence-corrected chi connectivity index (χ4v) is 3.51. The molecule has 0 unspecified atom stereocenters. The molecule has 0 spiro atoms. The van der Waals surface area contributed by atoms with E-state index in [9.17, 15) is 9.59 Å². The van der Waals surface area contributed by atoms with E-state index in [-0.39, 0.29) is 17.4 Å². The van der Waals surface area contributed by atoms with Gasteiger partial charge in [-0.15, -0.1) is 0 Å². The SMILES string of the molecule is COc1ccc(CNC(=O)C2CCN(c3ncc(C(N)=O)cc3Cl)CC2)cc1. The Labute approximate surface area is 168 Å². The minimum Gasteiger partial charge on any atom is -0.497 e. The molecule has 0 bridgehead atoms. The lowest BCUT2D eigenvalue weighted by atomic mass is 9.95. The van der Waals surface area contributed by atoms with E-state index in [0.29, 0.717) is 43.3 Å². The first-order valence-electron chi connectivity index (χ1n) is 9.09. The second-order valence-electron chi connectivity index (χ2n) is 6.72. The minimum absolute atomic E-state index is 0.0434. The van der Waals surface area contributed by atoms with Gasteiger partial charge in [-0.25, -0.2) is 4.98 Å². The van der Waals surface area contributed by atoms with Crippen LogP contribution in [0.5, 0.6) is 5.75 Å². The van der Waals surface area contributed by atoms with Crippen molar-refractivity contribution in [1.29, 1.82) is 0 Å². The second kappa shape index (κ2) is 8.93. The topological polar surface area (TPSA) is 97.6 Å². The van der Waals surface area contributed by atoms with Crippen molar-refractivity contribution < 1.29 is 14.3 Å². The molecule has 3 rings (SSSR count). The molecule has 1 aromatic heterocycles. The number of carbonyl (C=O) groups excluding carboxylic acids is 2. The summed E-state index contributed by atoms with van der Waals surface area (Å²) in [5.41, 5.74) is 6.55. The van der Waals surface area contributed by atoms with Gasteiger partial charge in [-0.1, -0.05) is 23.7 Å². The normalized spacial score (nSPS) is 14.6. The summed E-state index contributed by atoms with van der Waals surface area (Å²) in [4.78, 5) is 30.0. The zero-order chi connectivity index (χ0) is 20.1. The lowest BCUT2D eigenvalue weighted by Crippen LogP contribution is -2.40. The molecule has 1 saturated heterocycles. The Morgan fingerprint density at radius 2 is 1.96 bits per heavy atom. The Morgan fingerprint density at radius 3 is 2.54 bits per heavy atom. The summed E-state index contributed by atoms with van der Waals surface area (Å²) in [6.07, 6.45) is 2.85. The largest absolute Gasteiger partial charge is 0.497 e. The van der Waals surface area contributed by atoms with Crippen molar-refractivity contribution in [3.63, 3.8) is 0 Å². The molecule has 1 aliphatic heterocycles. The molecule has 3 N–H and O–H groups in total. The fourth-order valence-electron chi connectivity index (χ4n) is 3.23. The van der Waals surface area contributed by atoms with Gasteiger partial charge in [-0.2, -0.15) is 0 Å². The molecule has 7 nitrogen and oxygen atoms in total. The van der Waals surface area contributed by atoms with E-state index < -0.39 is 5.91 Å². The Morgan fingerprint density at radius 1 is 1.29 bits per heavy atom. The van der Waals surface area contributed by atoms with Crippen LogP contribution >= 0.6 is 11.6 Å². The molecule has 148 valence electrons. The van der Waals surface area contributed by atoms with E-state index >= 15 is 0 Å². The minimum atomic E-state index is -0.562. The third kappa shape index (κ3) is 4.72. The number of nitrogens with two attached hydrogens (primary N) is 1. The van der Waals surface area contributed by atoms with E-state index in [1.807, 2.05) is 29.2 Å². The van der Waals surface area contributed by atoms with Gasteiger partial charge in [0.15, 0.2) is 0 Å². The van der Waals surface area contributed by atoms with Crippen LogP contribution in [0, 0.1) is 5.92 Å². The van der Waals surface area contributed by atoms with Crippen LogP contribution in [-0.2, 0) is 11.3 Å². The average molecular weight is 403 g/mol. The van der Waals surface area contributed by atoms with Gasteiger partial charge in [0, 0.05) is 31.7 Å². The molecule has 1 fully saturated rings. The molecule has 28 heavy (non-hydrogen) atoms. The number of nitrogens with one attached hydrogen (secondary N) is 1. The van der Waals surface area contributed by atoms with Crippen LogP contribution in [0.15, 0.2) is 36.5 Å². The highest BCUT2D eigenvalue weighted by atomic mass is 35.5. The van der Waals surface area contributed by atoms with Crippen molar-refractivity contribution >= 4 is 29.2 Å². The van der Waals surface area contributed by atoms with Gasteiger partial charge in [0.25, 0.3) is 0 Å². The van der Waals surface area contributed by atoms with Crippen LogP contribution < -0.4 is 20.7 Å². The van der Waals surface area contributed by atoms with Crippen LogP contribution in [0.4, 0.5) is 5.82 Å². The highest BCUT2D eigenvalue weighted by molar-refractivity contribution is 6.33. The summed E-state index contributed by atoms with van der Waals surface area (Å²) in [5, 5.41) is 3.39. The number of hydrogen-bond donors (Lipinski definition) is 2. The molecule has 1 aromatic carbocycles. The Kier molecular flexibility index (Phi) is 6.36. The monoisotopic (exact) mass is 402 g/mol. The molecule has 0 radical (unpaired) electrons. The van der Waals surface area contributed by atoms with Crippen LogP contribution in [0.3, 0.4) is 0 Å². The zero-order valence-corrected chi connectivity index (χ0v) is 16.4. The first kappa shape index (κ1) is 19.9. The van der Waals surface area contributed by atoms with Gasteiger partial charge < -0.3 is 20.7 Å². The molecular weight excluding hydrogens is 380 g/mol. The number of anilines is 1. The molecule has 8 heteroatoms. The van der Waals surface area contributed by atoms with Crippen LogP contribution in [0.25, 0.3) is 0 Å². The lowest BCUT2D eigenvalue weighted by molar-refractivity contribution is -0.125. The second-order valence-corrected chi connectivity index (χ2v) is 7.13. The van der Waals surface area contributed by atoms with Crippen LogP contribution in [0.2, 0.25) is 5.02 Å². The molecular formula is C20H23ClN4O3. The number of rotatable bonds is 6. The number of aromatic nitrogens is 1. The third-order valence-corrected chi connectivity index (χ3v) is 5.18. The molecule has 0 atom stereocenters. The van der Waals surface area contributed by atoms with E-state index in [2.05, 4.69) is 10.3 Å². The number of methoxy groups -OCH3 is 1. The van der Waals surface area contributed by atoms with Gasteiger partial charge in [0.2, 0.25) is 11.8 Å². The number of benzene rings is 1. The molecule has 0 aliphatic carbocycles. The number of hydrogen-bond acceptors (Lipinski definition) is 5. The number of ether oxygens (including phenoxy) is 1. The summed E-state index contributed by atoms with van der Waals surface area (Å²) in [6.45, 7) is 1.83. The fraction of sp³-hybridized carbons (Fsp3) is 0.350. The number of halogens is 1. The summed E-state index contributed by atoms with van der Waals surface area (Å²) < 4.78 is 5.13. The molecule has 2 amide bonds. The lowest BCUT2D eigenvalue weighted by Gasteiger charge is -2.32. The zero-order valence-electron chi connectivity index (χ0n) is 15.7. The molecule has 2 heterocycles. The van der Waals surface area contributed by atoms with Gasteiger partial charge in [0.1, 0.15) is 11.6 Å². The van der Waals surface area contributed by atoms with Gasteiger partial charge >= 0.3 is 0 Å². The maximum Gasteiger partial charge on any atom is 0.250 e. The summed E-state index contributed by atoms with van der Waals surface area (Å²) in [7, 11) is 1.62. The summed E-state index contributed by atoms with van der Waals surface area (Å²) in [6, 6.07) is 9.15. The van der Waals surface area contributed by atoms with E-state index in [0.717, 1.165) is 11.3 Å². The number of carbonyl (C=O) groups is 2.